The highest BCUT2D eigenvalue weighted by molar-refractivity contribution is 5.76. The van der Waals surface area contributed by atoms with Crippen LogP contribution in [-0.2, 0) is 19.9 Å². The van der Waals surface area contributed by atoms with Crippen LogP contribution in [0.3, 0.4) is 0 Å². The minimum atomic E-state index is -0.545. The summed E-state index contributed by atoms with van der Waals surface area (Å²) >= 11 is 0. The summed E-state index contributed by atoms with van der Waals surface area (Å²) in [4.78, 5) is 16.1. The van der Waals surface area contributed by atoms with E-state index in [1.54, 1.807) is 13.8 Å². The largest absolute Gasteiger partial charge is 0.465 e. The van der Waals surface area contributed by atoms with Crippen LogP contribution in [0.1, 0.15) is 64.1 Å². The van der Waals surface area contributed by atoms with E-state index < -0.39 is 11.5 Å². The van der Waals surface area contributed by atoms with Gasteiger partial charge in [0.1, 0.15) is 11.5 Å². The molecule has 1 heterocycles. The second-order valence-corrected chi connectivity index (χ2v) is 5.06. The van der Waals surface area contributed by atoms with Crippen LogP contribution in [0.15, 0.2) is 4.52 Å². The molecule has 1 fully saturated rings. The number of hydrogen-bond donors (Lipinski definition) is 0. The monoisotopic (exact) mass is 282 g/mol. The molecule has 20 heavy (non-hydrogen) atoms. The number of aromatic nitrogens is 2. The van der Waals surface area contributed by atoms with E-state index in [9.17, 15) is 4.79 Å². The van der Waals surface area contributed by atoms with E-state index in [2.05, 4.69) is 10.1 Å². The van der Waals surface area contributed by atoms with Gasteiger partial charge in [-0.05, 0) is 46.5 Å². The Kier molecular flexibility index (Phi) is 4.75. The van der Waals surface area contributed by atoms with Gasteiger partial charge in [-0.2, -0.15) is 4.98 Å². The van der Waals surface area contributed by atoms with Crippen molar-refractivity contribution in [2.45, 2.75) is 58.0 Å². The minimum absolute atomic E-state index is 0.296. The van der Waals surface area contributed by atoms with E-state index in [-0.39, 0.29) is 5.97 Å². The summed E-state index contributed by atoms with van der Waals surface area (Å²) in [6, 6.07) is 0. The van der Waals surface area contributed by atoms with Crippen LogP contribution < -0.4 is 0 Å². The molecular formula is C14H22N2O4. The van der Waals surface area contributed by atoms with Gasteiger partial charge in [-0.1, -0.05) is 5.16 Å². The lowest BCUT2D eigenvalue weighted by molar-refractivity contribution is -0.145. The summed E-state index contributed by atoms with van der Waals surface area (Å²) in [6.07, 6.45) is 3.98. The Morgan fingerprint density at radius 2 is 2.05 bits per heavy atom. The normalized spacial score (nSPS) is 18.9. The molecule has 1 aromatic rings. The maximum Gasteiger partial charge on any atom is 0.318 e. The second-order valence-electron chi connectivity index (χ2n) is 5.06. The van der Waals surface area contributed by atoms with E-state index in [1.807, 2.05) is 6.92 Å². The van der Waals surface area contributed by atoms with E-state index in [0.717, 1.165) is 25.7 Å². The van der Waals surface area contributed by atoms with Crippen LogP contribution in [0.25, 0.3) is 0 Å². The summed E-state index contributed by atoms with van der Waals surface area (Å²) in [7, 11) is 0. The summed E-state index contributed by atoms with van der Waals surface area (Å²) in [5.41, 5.74) is -0.440. The fraction of sp³-hybridized carbons (Fsp3) is 0.786. The first-order valence-corrected chi connectivity index (χ1v) is 7.27. The highest BCUT2D eigenvalue weighted by Gasteiger charge is 2.41. The van der Waals surface area contributed by atoms with Gasteiger partial charge in [-0.3, -0.25) is 4.79 Å². The predicted molar refractivity (Wildman–Crippen MR) is 71.1 cm³/mol. The topological polar surface area (TPSA) is 74.5 Å². The molecule has 0 saturated heterocycles. The highest BCUT2D eigenvalue weighted by atomic mass is 16.5. The van der Waals surface area contributed by atoms with Gasteiger partial charge in [0.25, 0.3) is 0 Å². The summed E-state index contributed by atoms with van der Waals surface area (Å²) in [6.45, 7) is 6.39. The smallest absolute Gasteiger partial charge is 0.318 e. The molecule has 1 saturated carbocycles. The van der Waals surface area contributed by atoms with Crippen molar-refractivity contribution in [3.63, 3.8) is 0 Å². The maximum absolute atomic E-state index is 11.7. The molecule has 0 N–H and O–H groups in total. The molecule has 0 aromatic carbocycles. The third kappa shape index (κ3) is 2.85. The molecule has 0 spiro atoms. The minimum Gasteiger partial charge on any atom is -0.465 e. The Morgan fingerprint density at radius 3 is 2.65 bits per heavy atom. The number of esters is 1. The van der Waals surface area contributed by atoms with Gasteiger partial charge in [-0.15, -0.1) is 0 Å². The number of ether oxygens (including phenoxy) is 2. The molecule has 1 aromatic heterocycles. The molecular weight excluding hydrogens is 260 g/mol. The Bertz CT molecular complexity index is 452. The van der Waals surface area contributed by atoms with Crippen molar-refractivity contribution in [1.29, 1.82) is 0 Å². The quantitative estimate of drug-likeness (QED) is 0.746. The maximum atomic E-state index is 11.7. The van der Waals surface area contributed by atoms with E-state index >= 15 is 0 Å². The van der Waals surface area contributed by atoms with Gasteiger partial charge < -0.3 is 14.0 Å². The molecule has 1 unspecified atom stereocenters. The summed E-state index contributed by atoms with van der Waals surface area (Å²) in [5, 5.41) is 4.03. The third-order valence-electron chi connectivity index (χ3n) is 3.69. The molecule has 0 aliphatic heterocycles. The lowest BCUT2D eigenvalue weighted by Gasteiger charge is -2.24. The molecule has 2 rings (SSSR count). The van der Waals surface area contributed by atoms with Crippen molar-refractivity contribution >= 4 is 5.97 Å². The Morgan fingerprint density at radius 1 is 1.35 bits per heavy atom. The Hall–Kier alpha value is -1.43. The van der Waals surface area contributed by atoms with E-state index in [0.29, 0.717) is 24.9 Å². The molecule has 112 valence electrons. The first kappa shape index (κ1) is 15.0. The SMILES string of the molecule is CCOC(=O)C(C)c1nc(C2(OCC)CCCC2)no1. The van der Waals surface area contributed by atoms with Gasteiger partial charge in [-0.25, -0.2) is 0 Å². The van der Waals surface area contributed by atoms with Crippen LogP contribution >= 0.6 is 0 Å². The average Bonchev–Trinajstić information content (AvgIpc) is 3.07. The van der Waals surface area contributed by atoms with Crippen LogP contribution in [0, 0.1) is 0 Å². The number of carbonyl (C=O) groups is 1. The van der Waals surface area contributed by atoms with Gasteiger partial charge >= 0.3 is 5.97 Å². The van der Waals surface area contributed by atoms with E-state index in [4.69, 9.17) is 14.0 Å². The van der Waals surface area contributed by atoms with Crippen molar-refractivity contribution in [2.24, 2.45) is 0 Å². The zero-order valence-corrected chi connectivity index (χ0v) is 12.3. The average molecular weight is 282 g/mol. The zero-order chi connectivity index (χ0) is 14.6. The number of nitrogens with zero attached hydrogens (tertiary/aromatic N) is 2. The molecule has 0 amide bonds. The highest BCUT2D eigenvalue weighted by Crippen LogP contribution is 2.41. The van der Waals surface area contributed by atoms with Crippen molar-refractivity contribution < 1.29 is 18.8 Å². The Balaban J connectivity index is 2.17. The zero-order valence-electron chi connectivity index (χ0n) is 12.3. The standard InChI is InChI=1S/C14H22N2O4/c1-4-18-12(17)10(3)11-15-13(16-20-11)14(19-5-2)8-6-7-9-14/h10H,4-9H2,1-3H3. The van der Waals surface area contributed by atoms with Crippen LogP contribution in [0.4, 0.5) is 0 Å². The molecule has 6 nitrogen and oxygen atoms in total. The number of hydrogen-bond acceptors (Lipinski definition) is 6. The van der Waals surface area contributed by atoms with Crippen LogP contribution in [0.5, 0.6) is 0 Å². The molecule has 0 radical (unpaired) electrons. The molecule has 6 heteroatoms. The van der Waals surface area contributed by atoms with Crippen molar-refractivity contribution in [1.82, 2.24) is 10.1 Å². The number of rotatable bonds is 6. The van der Waals surface area contributed by atoms with Gasteiger partial charge in [0.15, 0.2) is 0 Å². The predicted octanol–water partition coefficient (Wildman–Crippen LogP) is 2.54. The van der Waals surface area contributed by atoms with Gasteiger partial charge in [0, 0.05) is 6.61 Å². The van der Waals surface area contributed by atoms with Gasteiger partial charge in [0.05, 0.1) is 6.61 Å². The van der Waals surface area contributed by atoms with Crippen molar-refractivity contribution in [3.05, 3.63) is 11.7 Å². The second kappa shape index (κ2) is 6.35. The van der Waals surface area contributed by atoms with Crippen molar-refractivity contribution in [2.75, 3.05) is 13.2 Å². The number of carbonyl (C=O) groups excluding carboxylic acids is 1. The van der Waals surface area contributed by atoms with Gasteiger partial charge in [0.2, 0.25) is 11.7 Å². The fourth-order valence-corrected chi connectivity index (χ4v) is 2.62. The van der Waals surface area contributed by atoms with Crippen molar-refractivity contribution in [3.8, 4) is 0 Å². The summed E-state index contributed by atoms with van der Waals surface area (Å²) in [5.74, 6) is -0.0386. The lowest BCUT2D eigenvalue weighted by Crippen LogP contribution is -2.27. The first-order valence-electron chi connectivity index (χ1n) is 7.27. The fourth-order valence-electron chi connectivity index (χ4n) is 2.62. The Labute approximate surface area is 118 Å². The molecule has 1 aliphatic rings. The first-order chi connectivity index (χ1) is 9.63. The third-order valence-corrected chi connectivity index (χ3v) is 3.69. The molecule has 1 atom stereocenters. The molecule has 0 bridgehead atoms. The summed E-state index contributed by atoms with van der Waals surface area (Å²) < 4.78 is 16.1. The lowest BCUT2D eigenvalue weighted by atomic mass is 10.0. The van der Waals surface area contributed by atoms with Crippen LogP contribution in [0.2, 0.25) is 0 Å². The van der Waals surface area contributed by atoms with E-state index in [1.165, 1.54) is 0 Å². The molecule has 1 aliphatic carbocycles. The van der Waals surface area contributed by atoms with Crippen LogP contribution in [-0.4, -0.2) is 29.3 Å².